The molecular weight excluding hydrogens is 286 g/mol. The topological polar surface area (TPSA) is 61.8 Å². The van der Waals surface area contributed by atoms with Gasteiger partial charge in [0.25, 0.3) is 0 Å². The van der Waals surface area contributed by atoms with E-state index < -0.39 is 35.6 Å². The zero-order valence-electron chi connectivity index (χ0n) is 10.9. The lowest BCUT2D eigenvalue weighted by Gasteiger charge is -2.39. The van der Waals surface area contributed by atoms with Gasteiger partial charge in [0.1, 0.15) is 5.60 Å². The van der Waals surface area contributed by atoms with Crippen LogP contribution < -0.4 is 9.47 Å². The van der Waals surface area contributed by atoms with Gasteiger partial charge in [-0.3, -0.25) is 9.59 Å². The normalized spacial score (nSPS) is 31.7. The first-order valence-corrected chi connectivity index (χ1v) is 6.42. The molecule has 110 valence electrons. The summed E-state index contributed by atoms with van der Waals surface area (Å²) >= 11 is 0. The van der Waals surface area contributed by atoms with Gasteiger partial charge in [0, 0.05) is 11.1 Å². The van der Waals surface area contributed by atoms with E-state index in [1.54, 1.807) is 0 Å². The van der Waals surface area contributed by atoms with Crippen LogP contribution in [0, 0.1) is 5.92 Å². The van der Waals surface area contributed by atoms with Crippen molar-refractivity contribution in [2.75, 3.05) is 6.79 Å². The molecule has 2 unspecified atom stereocenters. The number of hydrogen-bond donors (Lipinski definition) is 0. The van der Waals surface area contributed by atoms with Gasteiger partial charge in [-0.1, -0.05) is 0 Å². The second-order valence-electron chi connectivity index (χ2n) is 5.54. The number of ether oxygens (including phenoxy) is 3. The van der Waals surface area contributed by atoms with Crippen molar-refractivity contribution >= 4 is 11.8 Å². The third-order valence-corrected chi connectivity index (χ3v) is 4.39. The highest BCUT2D eigenvalue weighted by Gasteiger charge is 2.66. The third kappa shape index (κ3) is 1.38. The van der Waals surface area contributed by atoms with E-state index in [1.807, 2.05) is 0 Å². The monoisotopic (exact) mass is 296 g/mol. The summed E-state index contributed by atoms with van der Waals surface area (Å²) in [5, 5.41) is 0. The quantitative estimate of drug-likeness (QED) is 0.685. The Morgan fingerprint density at radius 2 is 1.86 bits per heavy atom. The molecule has 0 saturated carbocycles. The van der Waals surface area contributed by atoms with Crippen LogP contribution in [0.2, 0.25) is 0 Å². The fraction of sp³-hybridized carbons (Fsp3) is 0.429. The standard InChI is InChI=1S/C14H10F2O5/c1-13-7-3-9-8(19-5-20-9)2-6(7)12(18)14(15,16)10(13)4-11(17)21-13/h2-3,10H,4-5H2,1H3. The summed E-state index contributed by atoms with van der Waals surface area (Å²) in [7, 11) is 0. The number of halogens is 2. The Morgan fingerprint density at radius 3 is 2.57 bits per heavy atom. The molecule has 1 saturated heterocycles. The minimum absolute atomic E-state index is 0.0389. The fourth-order valence-corrected chi connectivity index (χ4v) is 3.31. The van der Waals surface area contributed by atoms with Crippen molar-refractivity contribution in [3.63, 3.8) is 0 Å². The highest BCUT2D eigenvalue weighted by molar-refractivity contribution is 6.06. The van der Waals surface area contributed by atoms with Gasteiger partial charge in [-0.25, -0.2) is 0 Å². The summed E-state index contributed by atoms with van der Waals surface area (Å²) in [4.78, 5) is 23.6. The van der Waals surface area contributed by atoms with Crippen molar-refractivity contribution in [2.24, 2.45) is 5.92 Å². The van der Waals surface area contributed by atoms with Crippen LogP contribution in [-0.4, -0.2) is 24.5 Å². The summed E-state index contributed by atoms with van der Waals surface area (Å²) in [5.74, 6) is -6.60. The van der Waals surface area contributed by atoms with Crippen LogP contribution in [0.3, 0.4) is 0 Å². The first kappa shape index (κ1) is 12.6. The molecule has 2 atom stereocenters. The average molecular weight is 296 g/mol. The first-order chi connectivity index (χ1) is 9.84. The molecule has 0 bridgehead atoms. The zero-order chi connectivity index (χ0) is 15.0. The number of alkyl halides is 2. The molecule has 0 radical (unpaired) electrons. The first-order valence-electron chi connectivity index (χ1n) is 6.42. The van der Waals surface area contributed by atoms with Gasteiger partial charge >= 0.3 is 11.9 Å². The van der Waals surface area contributed by atoms with E-state index in [1.165, 1.54) is 19.1 Å². The smallest absolute Gasteiger partial charge is 0.317 e. The van der Waals surface area contributed by atoms with Crippen molar-refractivity contribution in [2.45, 2.75) is 24.9 Å². The molecule has 0 N–H and O–H groups in total. The van der Waals surface area contributed by atoms with E-state index in [0.29, 0.717) is 5.75 Å². The lowest BCUT2D eigenvalue weighted by atomic mass is 9.69. The molecule has 5 nitrogen and oxygen atoms in total. The van der Waals surface area contributed by atoms with Crippen molar-refractivity contribution in [3.05, 3.63) is 23.3 Å². The predicted molar refractivity (Wildman–Crippen MR) is 63.4 cm³/mol. The van der Waals surface area contributed by atoms with Crippen LogP contribution in [0.5, 0.6) is 11.5 Å². The Hall–Kier alpha value is -2.18. The second-order valence-corrected chi connectivity index (χ2v) is 5.54. The van der Waals surface area contributed by atoms with E-state index >= 15 is 0 Å². The SMILES string of the molecule is CC12OC(=O)CC1C(F)(F)C(=O)c1cc3c(cc12)OCO3. The Balaban J connectivity index is 2.01. The molecule has 1 aliphatic carbocycles. The van der Waals surface area contributed by atoms with Gasteiger partial charge in [-0.2, -0.15) is 8.78 Å². The fourth-order valence-electron chi connectivity index (χ4n) is 3.31. The summed E-state index contributed by atoms with van der Waals surface area (Å²) < 4.78 is 44.2. The minimum atomic E-state index is -3.65. The van der Waals surface area contributed by atoms with Gasteiger partial charge in [0.15, 0.2) is 11.5 Å². The van der Waals surface area contributed by atoms with Crippen LogP contribution in [0.25, 0.3) is 0 Å². The highest BCUT2D eigenvalue weighted by Crippen LogP contribution is 2.56. The third-order valence-electron chi connectivity index (χ3n) is 4.39. The van der Waals surface area contributed by atoms with E-state index in [0.717, 1.165) is 0 Å². The minimum Gasteiger partial charge on any atom is -0.454 e. The molecule has 0 aromatic heterocycles. The number of hydrogen-bond acceptors (Lipinski definition) is 5. The largest absolute Gasteiger partial charge is 0.454 e. The predicted octanol–water partition coefficient (Wildman–Crippen LogP) is 2.03. The molecule has 1 aromatic carbocycles. The van der Waals surface area contributed by atoms with Gasteiger partial charge in [-0.05, 0) is 19.1 Å². The molecule has 4 rings (SSSR count). The molecule has 1 fully saturated rings. The molecule has 0 amide bonds. The molecule has 0 spiro atoms. The van der Waals surface area contributed by atoms with Crippen LogP contribution in [-0.2, 0) is 15.1 Å². The van der Waals surface area contributed by atoms with Gasteiger partial charge < -0.3 is 14.2 Å². The zero-order valence-corrected chi connectivity index (χ0v) is 10.9. The number of rotatable bonds is 0. The van der Waals surface area contributed by atoms with Crippen LogP contribution in [0.4, 0.5) is 8.78 Å². The maximum Gasteiger partial charge on any atom is 0.317 e. The Bertz CT molecular complexity index is 699. The van der Waals surface area contributed by atoms with E-state index in [-0.39, 0.29) is 23.7 Å². The van der Waals surface area contributed by atoms with E-state index in [4.69, 9.17) is 14.2 Å². The Kier molecular flexibility index (Phi) is 2.11. The molecule has 7 heteroatoms. The van der Waals surface area contributed by atoms with Crippen molar-refractivity contribution in [1.29, 1.82) is 0 Å². The Labute approximate surface area is 117 Å². The number of carbonyl (C=O) groups is 2. The van der Waals surface area contributed by atoms with E-state index in [2.05, 4.69) is 0 Å². The molecule has 2 aliphatic heterocycles. The lowest BCUT2D eigenvalue weighted by Crippen LogP contribution is -2.51. The van der Waals surface area contributed by atoms with Crippen LogP contribution in [0.1, 0.15) is 29.3 Å². The van der Waals surface area contributed by atoms with Crippen molar-refractivity contribution in [1.82, 2.24) is 0 Å². The maximum atomic E-state index is 14.3. The molecular formula is C14H10F2O5. The van der Waals surface area contributed by atoms with Gasteiger partial charge in [-0.15, -0.1) is 0 Å². The van der Waals surface area contributed by atoms with Crippen molar-refractivity contribution in [3.8, 4) is 11.5 Å². The second kappa shape index (κ2) is 3.52. The number of benzene rings is 1. The average Bonchev–Trinajstić information content (AvgIpc) is 2.99. The Morgan fingerprint density at radius 1 is 1.19 bits per heavy atom. The number of Topliss-reactive ketones (excluding diaryl/α,β-unsaturated/α-hetero) is 1. The summed E-state index contributed by atoms with van der Waals surface area (Å²) in [6.07, 6.45) is -0.483. The summed E-state index contributed by atoms with van der Waals surface area (Å²) in [5.41, 5.74) is -1.47. The highest BCUT2D eigenvalue weighted by atomic mass is 19.3. The molecule has 2 heterocycles. The van der Waals surface area contributed by atoms with Crippen molar-refractivity contribution < 1.29 is 32.6 Å². The number of fused-ring (bicyclic) bond motifs is 4. The molecule has 3 aliphatic rings. The number of esters is 1. The van der Waals surface area contributed by atoms with Crippen LogP contribution in [0.15, 0.2) is 12.1 Å². The van der Waals surface area contributed by atoms with Crippen LogP contribution >= 0.6 is 0 Å². The maximum absolute atomic E-state index is 14.3. The molecule has 1 aromatic rings. The lowest BCUT2D eigenvalue weighted by molar-refractivity contribution is -0.153. The summed E-state index contributed by atoms with van der Waals surface area (Å²) in [6.45, 7) is 1.37. The molecule has 21 heavy (non-hydrogen) atoms. The van der Waals surface area contributed by atoms with E-state index in [9.17, 15) is 18.4 Å². The summed E-state index contributed by atoms with van der Waals surface area (Å²) in [6, 6.07) is 2.69. The van der Waals surface area contributed by atoms with Gasteiger partial charge in [0.2, 0.25) is 12.6 Å². The number of ketones is 1. The number of carbonyl (C=O) groups excluding carboxylic acids is 2. The van der Waals surface area contributed by atoms with Gasteiger partial charge in [0.05, 0.1) is 12.3 Å².